The Bertz CT molecular complexity index is 749. The molecule has 0 spiro atoms. The van der Waals surface area contributed by atoms with E-state index in [1.165, 1.54) is 31.0 Å². The highest BCUT2D eigenvalue weighted by Crippen LogP contribution is 2.29. The van der Waals surface area contributed by atoms with Crippen molar-refractivity contribution in [2.75, 3.05) is 25.3 Å². The van der Waals surface area contributed by atoms with Gasteiger partial charge in [0.15, 0.2) is 0 Å². The highest BCUT2D eigenvalue weighted by atomic mass is 32.2. The summed E-state index contributed by atoms with van der Waals surface area (Å²) in [5.74, 6) is 1.41. The molecule has 2 rings (SSSR count). The molecule has 0 saturated carbocycles. The van der Waals surface area contributed by atoms with E-state index in [0.717, 1.165) is 10.6 Å². The molecule has 0 aliphatic rings. The Labute approximate surface area is 149 Å². The van der Waals surface area contributed by atoms with E-state index in [0.29, 0.717) is 11.5 Å². The molecule has 0 atom stereocenters. The van der Waals surface area contributed by atoms with Crippen LogP contribution in [-0.2, 0) is 4.79 Å². The maximum atomic E-state index is 12.0. The molecule has 2 aromatic rings. The van der Waals surface area contributed by atoms with E-state index in [1.807, 2.05) is 24.3 Å². The van der Waals surface area contributed by atoms with Crippen molar-refractivity contribution in [1.82, 2.24) is 0 Å². The number of nitrogens with one attached hydrogen (secondary N) is 1. The van der Waals surface area contributed by atoms with Crippen molar-refractivity contribution in [3.05, 3.63) is 52.6 Å². The SMILES string of the molecule is COc1ccc(SCCC(=O)Nc2ccc(OC)cc2[N+](=O)[O-])cc1. The smallest absolute Gasteiger partial charge is 0.296 e. The Morgan fingerprint density at radius 1 is 1.12 bits per heavy atom. The summed E-state index contributed by atoms with van der Waals surface area (Å²) >= 11 is 1.52. The molecule has 0 heterocycles. The van der Waals surface area contributed by atoms with Crippen LogP contribution in [0, 0.1) is 10.1 Å². The Balaban J connectivity index is 1.90. The van der Waals surface area contributed by atoms with E-state index in [2.05, 4.69) is 5.32 Å². The van der Waals surface area contributed by atoms with Gasteiger partial charge in [-0.2, -0.15) is 0 Å². The number of anilines is 1. The molecule has 2 aromatic carbocycles. The lowest BCUT2D eigenvalue weighted by Crippen LogP contribution is -2.13. The zero-order valence-electron chi connectivity index (χ0n) is 13.9. The van der Waals surface area contributed by atoms with E-state index in [9.17, 15) is 14.9 Å². The Morgan fingerprint density at radius 2 is 1.76 bits per heavy atom. The minimum Gasteiger partial charge on any atom is -0.497 e. The second-order valence-electron chi connectivity index (χ2n) is 4.96. The van der Waals surface area contributed by atoms with Gasteiger partial charge in [-0.1, -0.05) is 0 Å². The van der Waals surface area contributed by atoms with Gasteiger partial charge in [0.2, 0.25) is 5.91 Å². The first-order chi connectivity index (χ1) is 12.0. The predicted molar refractivity (Wildman–Crippen MR) is 96.6 cm³/mol. The van der Waals surface area contributed by atoms with E-state index in [4.69, 9.17) is 9.47 Å². The van der Waals surface area contributed by atoms with Gasteiger partial charge in [-0.05, 0) is 36.4 Å². The standard InChI is InChI=1S/C17H18N2O5S/c1-23-12-3-6-14(7-4-12)25-10-9-17(20)18-15-8-5-13(24-2)11-16(15)19(21)22/h3-8,11H,9-10H2,1-2H3,(H,18,20). The van der Waals surface area contributed by atoms with Gasteiger partial charge in [-0.25, -0.2) is 0 Å². The van der Waals surface area contributed by atoms with Crippen molar-refractivity contribution >= 4 is 29.0 Å². The van der Waals surface area contributed by atoms with Crippen LogP contribution < -0.4 is 14.8 Å². The van der Waals surface area contributed by atoms with Crippen LogP contribution in [0.2, 0.25) is 0 Å². The van der Waals surface area contributed by atoms with Crippen LogP contribution >= 0.6 is 11.8 Å². The summed E-state index contributed by atoms with van der Waals surface area (Å²) in [5, 5.41) is 13.7. The largest absolute Gasteiger partial charge is 0.497 e. The van der Waals surface area contributed by atoms with E-state index >= 15 is 0 Å². The number of hydrogen-bond acceptors (Lipinski definition) is 6. The average Bonchev–Trinajstić information content (AvgIpc) is 2.62. The number of carbonyl (C=O) groups is 1. The highest BCUT2D eigenvalue weighted by molar-refractivity contribution is 7.99. The van der Waals surface area contributed by atoms with Crippen LogP contribution in [0.15, 0.2) is 47.4 Å². The Morgan fingerprint density at radius 3 is 2.36 bits per heavy atom. The highest BCUT2D eigenvalue weighted by Gasteiger charge is 2.17. The third-order valence-corrected chi connectivity index (χ3v) is 4.35. The molecule has 0 bridgehead atoms. The molecule has 0 aliphatic carbocycles. The first-order valence-corrected chi connectivity index (χ1v) is 8.41. The van der Waals surface area contributed by atoms with Gasteiger partial charge in [-0.3, -0.25) is 14.9 Å². The summed E-state index contributed by atoms with van der Waals surface area (Å²) in [5.41, 5.74) is -0.0410. The van der Waals surface area contributed by atoms with Crippen LogP contribution in [0.1, 0.15) is 6.42 Å². The fraction of sp³-hybridized carbons (Fsp3) is 0.235. The Hall–Kier alpha value is -2.74. The number of benzene rings is 2. The van der Waals surface area contributed by atoms with Gasteiger partial charge >= 0.3 is 0 Å². The monoisotopic (exact) mass is 362 g/mol. The molecule has 25 heavy (non-hydrogen) atoms. The van der Waals surface area contributed by atoms with Gasteiger partial charge in [0.1, 0.15) is 17.2 Å². The molecule has 0 aliphatic heterocycles. The van der Waals surface area contributed by atoms with Crippen LogP contribution in [0.3, 0.4) is 0 Å². The van der Waals surface area contributed by atoms with Crippen molar-refractivity contribution in [1.29, 1.82) is 0 Å². The minimum atomic E-state index is -0.551. The first kappa shape index (κ1) is 18.6. The maximum Gasteiger partial charge on any atom is 0.296 e. The van der Waals surface area contributed by atoms with Gasteiger partial charge in [0.25, 0.3) is 5.69 Å². The fourth-order valence-corrected chi connectivity index (χ4v) is 2.89. The predicted octanol–water partition coefficient (Wildman–Crippen LogP) is 3.73. The number of nitro benzene ring substituents is 1. The number of methoxy groups -OCH3 is 2. The van der Waals surface area contributed by atoms with Crippen molar-refractivity contribution in [2.24, 2.45) is 0 Å². The van der Waals surface area contributed by atoms with E-state index in [1.54, 1.807) is 13.2 Å². The van der Waals surface area contributed by atoms with Gasteiger partial charge in [0, 0.05) is 17.1 Å². The summed E-state index contributed by atoms with van der Waals surface area (Å²) in [6.45, 7) is 0. The molecule has 8 heteroatoms. The van der Waals surface area contributed by atoms with Crippen LogP contribution in [0.4, 0.5) is 11.4 Å². The van der Waals surface area contributed by atoms with Crippen molar-refractivity contribution in [3.8, 4) is 11.5 Å². The second-order valence-corrected chi connectivity index (χ2v) is 6.13. The molecule has 0 aromatic heterocycles. The third kappa shape index (κ3) is 5.39. The molecule has 0 fully saturated rings. The first-order valence-electron chi connectivity index (χ1n) is 7.42. The molecule has 0 unspecified atom stereocenters. The average molecular weight is 362 g/mol. The van der Waals surface area contributed by atoms with Gasteiger partial charge < -0.3 is 14.8 Å². The molecule has 1 N–H and O–H groups in total. The van der Waals surface area contributed by atoms with E-state index in [-0.39, 0.29) is 23.7 Å². The molecule has 7 nitrogen and oxygen atoms in total. The molecule has 0 saturated heterocycles. The lowest BCUT2D eigenvalue weighted by molar-refractivity contribution is -0.384. The number of nitrogens with zero attached hydrogens (tertiary/aromatic N) is 1. The molecule has 0 radical (unpaired) electrons. The molecule has 1 amide bonds. The number of amides is 1. The van der Waals surface area contributed by atoms with Crippen molar-refractivity contribution in [2.45, 2.75) is 11.3 Å². The van der Waals surface area contributed by atoms with E-state index < -0.39 is 4.92 Å². The second kappa shape index (κ2) is 8.93. The lowest BCUT2D eigenvalue weighted by Gasteiger charge is -2.08. The van der Waals surface area contributed by atoms with Gasteiger partial charge in [0.05, 0.1) is 25.2 Å². The quantitative estimate of drug-likeness (QED) is 0.437. The summed E-state index contributed by atoms with van der Waals surface area (Å²) in [7, 11) is 3.03. The zero-order chi connectivity index (χ0) is 18.2. The minimum absolute atomic E-state index is 0.158. The summed E-state index contributed by atoms with van der Waals surface area (Å²) < 4.78 is 10.1. The van der Waals surface area contributed by atoms with Crippen LogP contribution in [0.5, 0.6) is 11.5 Å². The van der Waals surface area contributed by atoms with Gasteiger partial charge in [-0.15, -0.1) is 11.8 Å². The molecular formula is C17H18N2O5S. The van der Waals surface area contributed by atoms with Crippen molar-refractivity contribution < 1.29 is 19.2 Å². The number of thioether (sulfide) groups is 1. The maximum absolute atomic E-state index is 12.0. The fourth-order valence-electron chi connectivity index (χ4n) is 2.04. The number of carbonyl (C=O) groups excluding carboxylic acids is 1. The number of hydrogen-bond donors (Lipinski definition) is 1. The molecular weight excluding hydrogens is 344 g/mol. The Kier molecular flexibility index (Phi) is 6.64. The summed E-state index contributed by atoms with van der Waals surface area (Å²) in [6.07, 6.45) is 0.236. The number of ether oxygens (including phenoxy) is 2. The topological polar surface area (TPSA) is 90.7 Å². The summed E-state index contributed by atoms with van der Waals surface area (Å²) in [4.78, 5) is 23.6. The van der Waals surface area contributed by atoms with Crippen LogP contribution in [-0.4, -0.2) is 30.8 Å². The van der Waals surface area contributed by atoms with Crippen molar-refractivity contribution in [3.63, 3.8) is 0 Å². The molecule has 132 valence electrons. The lowest BCUT2D eigenvalue weighted by atomic mass is 10.2. The number of nitro groups is 1. The van der Waals surface area contributed by atoms with Crippen LogP contribution in [0.25, 0.3) is 0 Å². The third-order valence-electron chi connectivity index (χ3n) is 3.33. The number of rotatable bonds is 8. The summed E-state index contributed by atoms with van der Waals surface area (Å²) in [6, 6.07) is 11.8. The zero-order valence-corrected chi connectivity index (χ0v) is 14.7. The normalized spacial score (nSPS) is 10.2.